The second kappa shape index (κ2) is 5.35. The Hall–Kier alpha value is -1.31. The van der Waals surface area contributed by atoms with Gasteiger partial charge in [-0.05, 0) is 38.0 Å². The minimum absolute atomic E-state index is 0.00181. The number of rotatable bonds is 4. The Bertz CT molecular complexity index is 365. The van der Waals surface area contributed by atoms with Crippen LogP contribution in [0.25, 0.3) is 0 Å². The Labute approximate surface area is 104 Å². The molecule has 0 aromatic carbocycles. The standard InChI is InChI=1S/C15H22O2/c1-6-15(5)9-8-12(14(16)17-7-2)10-13(15)11(3)4/h6,8,13H,1,3,7,9-10H2,2,4-5H3/t13-,15+/m1/s1. The number of hydrogen-bond donors (Lipinski definition) is 0. The molecule has 0 aromatic rings. The van der Waals surface area contributed by atoms with E-state index in [0.717, 1.165) is 17.6 Å². The number of esters is 1. The highest BCUT2D eigenvalue weighted by Crippen LogP contribution is 2.44. The molecule has 17 heavy (non-hydrogen) atoms. The number of carbonyl (C=O) groups excluding carboxylic acids is 1. The fourth-order valence-electron chi connectivity index (χ4n) is 2.37. The molecule has 2 nitrogen and oxygen atoms in total. The van der Waals surface area contributed by atoms with Crippen LogP contribution in [0, 0.1) is 11.3 Å². The molecular formula is C15H22O2. The zero-order valence-corrected chi connectivity index (χ0v) is 11.1. The fourth-order valence-corrected chi connectivity index (χ4v) is 2.37. The SMILES string of the molecule is C=C[C@@]1(C)CC=C(C(=O)OCC)C[C@@H]1C(=C)C. The molecule has 94 valence electrons. The summed E-state index contributed by atoms with van der Waals surface area (Å²) in [6.07, 6.45) is 5.49. The van der Waals surface area contributed by atoms with Gasteiger partial charge in [-0.2, -0.15) is 0 Å². The van der Waals surface area contributed by atoms with E-state index < -0.39 is 0 Å². The van der Waals surface area contributed by atoms with Gasteiger partial charge in [0.1, 0.15) is 0 Å². The lowest BCUT2D eigenvalue weighted by Gasteiger charge is -2.38. The van der Waals surface area contributed by atoms with Crippen molar-refractivity contribution in [3.8, 4) is 0 Å². The topological polar surface area (TPSA) is 26.3 Å². The highest BCUT2D eigenvalue weighted by atomic mass is 16.5. The molecular weight excluding hydrogens is 212 g/mol. The van der Waals surface area contributed by atoms with Crippen LogP contribution in [0.3, 0.4) is 0 Å². The summed E-state index contributed by atoms with van der Waals surface area (Å²) in [6.45, 7) is 14.4. The second-order valence-electron chi connectivity index (χ2n) is 4.97. The molecule has 0 radical (unpaired) electrons. The summed E-state index contributed by atoms with van der Waals surface area (Å²) in [7, 11) is 0. The van der Waals surface area contributed by atoms with Gasteiger partial charge in [0.15, 0.2) is 0 Å². The number of allylic oxidation sites excluding steroid dienone is 3. The maximum absolute atomic E-state index is 11.7. The van der Waals surface area contributed by atoms with Crippen LogP contribution < -0.4 is 0 Å². The molecule has 2 heteroatoms. The van der Waals surface area contributed by atoms with E-state index in [4.69, 9.17) is 4.74 Å². The van der Waals surface area contributed by atoms with Crippen molar-refractivity contribution in [2.24, 2.45) is 11.3 Å². The van der Waals surface area contributed by atoms with Gasteiger partial charge in [-0.15, -0.1) is 6.58 Å². The molecule has 0 amide bonds. The molecule has 0 aliphatic heterocycles. The Morgan fingerprint density at radius 2 is 2.35 bits per heavy atom. The number of carbonyl (C=O) groups is 1. The van der Waals surface area contributed by atoms with Crippen molar-refractivity contribution in [1.82, 2.24) is 0 Å². The summed E-state index contributed by atoms with van der Waals surface area (Å²) in [5.41, 5.74) is 1.88. The van der Waals surface area contributed by atoms with E-state index >= 15 is 0 Å². The van der Waals surface area contributed by atoms with E-state index in [0.29, 0.717) is 13.0 Å². The van der Waals surface area contributed by atoms with E-state index in [9.17, 15) is 4.79 Å². The fraction of sp³-hybridized carbons (Fsp3) is 0.533. The molecule has 0 saturated carbocycles. The van der Waals surface area contributed by atoms with Gasteiger partial charge in [0.2, 0.25) is 0 Å². The van der Waals surface area contributed by atoms with E-state index in [2.05, 4.69) is 20.1 Å². The molecule has 0 bridgehead atoms. The van der Waals surface area contributed by atoms with Gasteiger partial charge in [0.05, 0.1) is 6.61 Å². The third-order valence-electron chi connectivity index (χ3n) is 3.61. The molecule has 0 fully saturated rings. The van der Waals surface area contributed by atoms with Crippen molar-refractivity contribution >= 4 is 5.97 Å². The molecule has 1 aliphatic rings. The Kier molecular flexibility index (Phi) is 4.33. The Morgan fingerprint density at radius 3 is 2.82 bits per heavy atom. The van der Waals surface area contributed by atoms with Gasteiger partial charge < -0.3 is 4.74 Å². The van der Waals surface area contributed by atoms with Gasteiger partial charge in [0, 0.05) is 5.57 Å². The minimum atomic E-state index is -0.190. The molecule has 1 rings (SSSR count). The van der Waals surface area contributed by atoms with Gasteiger partial charge >= 0.3 is 5.97 Å². The molecule has 0 unspecified atom stereocenters. The van der Waals surface area contributed by atoms with Crippen LogP contribution in [0.2, 0.25) is 0 Å². The lowest BCUT2D eigenvalue weighted by atomic mass is 9.66. The van der Waals surface area contributed by atoms with E-state index in [1.165, 1.54) is 0 Å². The number of ether oxygens (including phenoxy) is 1. The Balaban J connectivity index is 2.93. The first kappa shape index (κ1) is 13.8. The highest BCUT2D eigenvalue weighted by Gasteiger charge is 2.36. The Morgan fingerprint density at radius 1 is 1.71 bits per heavy atom. The van der Waals surface area contributed by atoms with Gasteiger partial charge in [-0.25, -0.2) is 4.79 Å². The zero-order valence-electron chi connectivity index (χ0n) is 11.1. The van der Waals surface area contributed by atoms with Crippen molar-refractivity contribution in [2.75, 3.05) is 6.61 Å². The van der Waals surface area contributed by atoms with Crippen molar-refractivity contribution in [3.63, 3.8) is 0 Å². The molecule has 0 N–H and O–H groups in total. The summed E-state index contributed by atoms with van der Waals surface area (Å²) in [5, 5.41) is 0. The summed E-state index contributed by atoms with van der Waals surface area (Å²) in [4.78, 5) is 11.7. The normalized spacial score (nSPS) is 28.2. The van der Waals surface area contributed by atoms with Crippen LogP contribution in [0.4, 0.5) is 0 Å². The van der Waals surface area contributed by atoms with Crippen molar-refractivity contribution in [3.05, 3.63) is 36.5 Å². The third kappa shape index (κ3) is 2.87. The summed E-state index contributed by atoms with van der Waals surface area (Å²) in [6, 6.07) is 0. The van der Waals surface area contributed by atoms with Crippen LogP contribution >= 0.6 is 0 Å². The quantitative estimate of drug-likeness (QED) is 0.548. The van der Waals surface area contributed by atoms with Crippen LogP contribution in [0.15, 0.2) is 36.5 Å². The average molecular weight is 234 g/mol. The minimum Gasteiger partial charge on any atom is -0.463 e. The molecule has 0 spiro atoms. The van der Waals surface area contributed by atoms with Crippen LogP contribution in [-0.2, 0) is 9.53 Å². The van der Waals surface area contributed by atoms with Crippen LogP contribution in [0.1, 0.15) is 33.6 Å². The molecule has 1 aliphatic carbocycles. The van der Waals surface area contributed by atoms with Gasteiger partial charge in [-0.3, -0.25) is 0 Å². The maximum atomic E-state index is 11.7. The van der Waals surface area contributed by atoms with E-state index in [1.54, 1.807) is 0 Å². The van der Waals surface area contributed by atoms with E-state index in [-0.39, 0.29) is 17.3 Å². The summed E-state index contributed by atoms with van der Waals surface area (Å²) in [5.74, 6) is 0.0780. The first-order chi connectivity index (χ1) is 7.94. The third-order valence-corrected chi connectivity index (χ3v) is 3.61. The maximum Gasteiger partial charge on any atom is 0.333 e. The van der Waals surface area contributed by atoms with Gasteiger partial charge in [0.25, 0.3) is 0 Å². The first-order valence-electron chi connectivity index (χ1n) is 6.09. The molecule has 0 saturated heterocycles. The second-order valence-corrected chi connectivity index (χ2v) is 4.97. The molecule has 2 atom stereocenters. The predicted molar refractivity (Wildman–Crippen MR) is 70.6 cm³/mol. The highest BCUT2D eigenvalue weighted by molar-refractivity contribution is 5.88. The monoisotopic (exact) mass is 234 g/mol. The van der Waals surface area contributed by atoms with E-state index in [1.807, 2.05) is 26.0 Å². The first-order valence-corrected chi connectivity index (χ1v) is 6.09. The lowest BCUT2D eigenvalue weighted by molar-refractivity contribution is -0.139. The zero-order chi connectivity index (χ0) is 13.1. The summed E-state index contributed by atoms with van der Waals surface area (Å²) >= 11 is 0. The molecule has 0 aromatic heterocycles. The number of hydrogen-bond acceptors (Lipinski definition) is 2. The van der Waals surface area contributed by atoms with Crippen LogP contribution in [-0.4, -0.2) is 12.6 Å². The van der Waals surface area contributed by atoms with Crippen LogP contribution in [0.5, 0.6) is 0 Å². The average Bonchev–Trinajstić information content (AvgIpc) is 2.29. The van der Waals surface area contributed by atoms with Crippen molar-refractivity contribution < 1.29 is 9.53 Å². The smallest absolute Gasteiger partial charge is 0.333 e. The van der Waals surface area contributed by atoms with Crippen molar-refractivity contribution in [2.45, 2.75) is 33.6 Å². The van der Waals surface area contributed by atoms with Gasteiger partial charge in [-0.1, -0.05) is 31.2 Å². The predicted octanol–water partition coefficient (Wildman–Crippen LogP) is 3.65. The lowest BCUT2D eigenvalue weighted by Crippen LogP contribution is -2.30. The molecule has 0 heterocycles. The summed E-state index contributed by atoms with van der Waals surface area (Å²) < 4.78 is 5.05. The van der Waals surface area contributed by atoms with Crippen molar-refractivity contribution in [1.29, 1.82) is 0 Å². The largest absolute Gasteiger partial charge is 0.463 e.